The Morgan fingerprint density at radius 3 is 2.41 bits per heavy atom. The molecular formula is C16H23NO5. The topological polar surface area (TPSA) is 76.1 Å². The molecule has 1 unspecified atom stereocenters. The summed E-state index contributed by atoms with van der Waals surface area (Å²) in [6, 6.07) is 8.36. The van der Waals surface area contributed by atoms with Gasteiger partial charge in [-0.1, -0.05) is 30.3 Å². The average Bonchev–Trinajstić information content (AvgIpc) is 2.52. The van der Waals surface area contributed by atoms with E-state index in [0.29, 0.717) is 19.8 Å². The summed E-state index contributed by atoms with van der Waals surface area (Å²) in [6.07, 6.45) is 0. The molecule has 1 N–H and O–H groups in total. The van der Waals surface area contributed by atoms with Crippen molar-refractivity contribution in [3.8, 4) is 0 Å². The Morgan fingerprint density at radius 1 is 1.18 bits per heavy atom. The Balaban J connectivity index is 2.61. The van der Waals surface area contributed by atoms with Crippen molar-refractivity contribution in [3.63, 3.8) is 0 Å². The Hall–Kier alpha value is -1.92. The number of nitrogens with zero attached hydrogens (tertiary/aromatic N) is 1. The summed E-state index contributed by atoms with van der Waals surface area (Å²) in [4.78, 5) is 24.7. The maximum Gasteiger partial charge on any atom is 0.326 e. The fourth-order valence-electron chi connectivity index (χ4n) is 1.86. The Bertz CT molecular complexity index is 463. The van der Waals surface area contributed by atoms with Crippen LogP contribution in [0, 0.1) is 0 Å². The molecule has 0 saturated heterocycles. The summed E-state index contributed by atoms with van der Waals surface area (Å²) < 4.78 is 10.4. The number of ether oxygens (including phenoxy) is 2. The molecule has 0 aromatic heterocycles. The van der Waals surface area contributed by atoms with Crippen molar-refractivity contribution in [2.45, 2.75) is 26.4 Å². The van der Waals surface area contributed by atoms with Crippen LogP contribution in [0.4, 0.5) is 0 Å². The third kappa shape index (κ3) is 6.24. The minimum absolute atomic E-state index is 0.155. The highest BCUT2D eigenvalue weighted by atomic mass is 16.5. The molecule has 0 aliphatic carbocycles. The molecule has 0 bridgehead atoms. The third-order valence-corrected chi connectivity index (χ3v) is 3.14. The van der Waals surface area contributed by atoms with Gasteiger partial charge in [0.1, 0.15) is 12.6 Å². The first-order valence-electron chi connectivity index (χ1n) is 7.28. The monoisotopic (exact) mass is 309 g/mol. The van der Waals surface area contributed by atoms with Crippen LogP contribution in [0.15, 0.2) is 30.3 Å². The molecule has 22 heavy (non-hydrogen) atoms. The van der Waals surface area contributed by atoms with Crippen LogP contribution < -0.4 is 0 Å². The van der Waals surface area contributed by atoms with E-state index < -0.39 is 12.0 Å². The van der Waals surface area contributed by atoms with Crippen LogP contribution >= 0.6 is 0 Å². The Labute approximate surface area is 130 Å². The molecule has 122 valence electrons. The second kappa shape index (κ2) is 9.92. The van der Waals surface area contributed by atoms with E-state index in [9.17, 15) is 9.59 Å². The largest absolute Gasteiger partial charge is 0.480 e. The minimum Gasteiger partial charge on any atom is -0.480 e. The molecule has 0 aliphatic heterocycles. The predicted octanol–water partition coefficient (Wildman–Crippen LogP) is 1.54. The van der Waals surface area contributed by atoms with Gasteiger partial charge in [0.25, 0.3) is 0 Å². The van der Waals surface area contributed by atoms with Crippen LogP contribution in [0.3, 0.4) is 0 Å². The van der Waals surface area contributed by atoms with Crippen LogP contribution in [-0.4, -0.2) is 54.4 Å². The van der Waals surface area contributed by atoms with Gasteiger partial charge in [0.2, 0.25) is 5.91 Å². The van der Waals surface area contributed by atoms with Crippen molar-refractivity contribution in [1.29, 1.82) is 0 Å². The normalized spacial score (nSPS) is 11.9. The SMILES string of the molecule is CCOCCOCC(=O)N(Cc1ccccc1)C(C)C(=O)O. The molecule has 1 aromatic rings. The highest BCUT2D eigenvalue weighted by Crippen LogP contribution is 2.09. The van der Waals surface area contributed by atoms with Crippen LogP contribution in [0.25, 0.3) is 0 Å². The van der Waals surface area contributed by atoms with E-state index >= 15 is 0 Å². The smallest absolute Gasteiger partial charge is 0.326 e. The second-order valence-electron chi connectivity index (χ2n) is 4.77. The van der Waals surface area contributed by atoms with Crippen molar-refractivity contribution in [1.82, 2.24) is 4.90 Å². The lowest BCUT2D eigenvalue weighted by atomic mass is 10.2. The van der Waals surface area contributed by atoms with Gasteiger partial charge in [-0.15, -0.1) is 0 Å². The molecule has 0 saturated carbocycles. The quantitative estimate of drug-likeness (QED) is 0.664. The summed E-state index contributed by atoms with van der Waals surface area (Å²) in [6.45, 7) is 4.76. The molecule has 1 atom stereocenters. The molecule has 0 radical (unpaired) electrons. The van der Waals surface area contributed by atoms with E-state index in [-0.39, 0.29) is 19.1 Å². The fraction of sp³-hybridized carbons (Fsp3) is 0.500. The summed E-state index contributed by atoms with van der Waals surface area (Å²) in [5.41, 5.74) is 0.873. The van der Waals surface area contributed by atoms with Crippen molar-refractivity contribution < 1.29 is 24.2 Å². The van der Waals surface area contributed by atoms with Gasteiger partial charge in [-0.3, -0.25) is 4.79 Å². The van der Waals surface area contributed by atoms with Gasteiger partial charge < -0.3 is 19.5 Å². The average molecular weight is 309 g/mol. The molecular weight excluding hydrogens is 286 g/mol. The summed E-state index contributed by atoms with van der Waals surface area (Å²) in [7, 11) is 0. The molecule has 1 rings (SSSR count). The number of benzene rings is 1. The molecule has 0 aliphatic rings. The zero-order chi connectivity index (χ0) is 16.4. The number of carboxylic acids is 1. The molecule has 1 aromatic carbocycles. The van der Waals surface area contributed by atoms with Gasteiger partial charge in [-0.2, -0.15) is 0 Å². The maximum atomic E-state index is 12.2. The predicted molar refractivity (Wildman–Crippen MR) is 81.4 cm³/mol. The fourth-order valence-corrected chi connectivity index (χ4v) is 1.86. The van der Waals surface area contributed by atoms with Crippen LogP contribution in [0.1, 0.15) is 19.4 Å². The molecule has 0 heterocycles. The van der Waals surface area contributed by atoms with Gasteiger partial charge >= 0.3 is 5.97 Å². The van der Waals surface area contributed by atoms with Crippen LogP contribution in [0.2, 0.25) is 0 Å². The lowest BCUT2D eigenvalue weighted by molar-refractivity contribution is -0.152. The van der Waals surface area contributed by atoms with Gasteiger partial charge in [0, 0.05) is 13.2 Å². The minimum atomic E-state index is -1.04. The lowest BCUT2D eigenvalue weighted by Gasteiger charge is -2.26. The first kappa shape index (κ1) is 18.1. The number of carbonyl (C=O) groups excluding carboxylic acids is 1. The summed E-state index contributed by atoms with van der Waals surface area (Å²) in [5, 5.41) is 9.17. The first-order valence-corrected chi connectivity index (χ1v) is 7.28. The van der Waals surface area contributed by atoms with E-state index in [1.165, 1.54) is 11.8 Å². The number of hydrogen-bond donors (Lipinski definition) is 1. The lowest BCUT2D eigenvalue weighted by Crippen LogP contribution is -2.44. The maximum absolute atomic E-state index is 12.2. The molecule has 1 amide bonds. The highest BCUT2D eigenvalue weighted by molar-refractivity contribution is 5.84. The zero-order valence-corrected chi connectivity index (χ0v) is 13.0. The second-order valence-corrected chi connectivity index (χ2v) is 4.77. The molecule has 6 nitrogen and oxygen atoms in total. The van der Waals surface area contributed by atoms with E-state index in [1.807, 2.05) is 37.3 Å². The number of amides is 1. The van der Waals surface area contributed by atoms with Gasteiger partial charge in [-0.25, -0.2) is 4.79 Å². The van der Waals surface area contributed by atoms with E-state index in [0.717, 1.165) is 5.56 Å². The number of carboxylic acid groups (broad SMARTS) is 1. The number of hydrogen-bond acceptors (Lipinski definition) is 4. The van der Waals surface area contributed by atoms with Crippen LogP contribution in [0.5, 0.6) is 0 Å². The van der Waals surface area contributed by atoms with E-state index in [2.05, 4.69) is 0 Å². The summed E-state index contributed by atoms with van der Waals surface area (Å²) in [5.74, 6) is -1.39. The van der Waals surface area contributed by atoms with Gasteiger partial charge in [0.05, 0.1) is 13.2 Å². The Morgan fingerprint density at radius 2 is 1.82 bits per heavy atom. The zero-order valence-electron chi connectivity index (χ0n) is 13.0. The number of rotatable bonds is 10. The van der Waals surface area contributed by atoms with E-state index in [4.69, 9.17) is 14.6 Å². The molecule has 6 heteroatoms. The standard InChI is InChI=1S/C16H23NO5/c1-3-21-9-10-22-12-15(18)17(13(2)16(19)20)11-14-7-5-4-6-8-14/h4-8,13H,3,9-12H2,1-2H3,(H,19,20). The molecule has 0 spiro atoms. The third-order valence-electron chi connectivity index (χ3n) is 3.14. The van der Waals surface area contributed by atoms with Crippen molar-refractivity contribution in [2.75, 3.05) is 26.4 Å². The van der Waals surface area contributed by atoms with Gasteiger partial charge in [-0.05, 0) is 19.4 Å². The Kier molecular flexibility index (Phi) is 8.17. The van der Waals surface area contributed by atoms with E-state index in [1.54, 1.807) is 0 Å². The first-order chi connectivity index (χ1) is 10.6. The van der Waals surface area contributed by atoms with Crippen molar-refractivity contribution in [2.24, 2.45) is 0 Å². The van der Waals surface area contributed by atoms with Crippen molar-refractivity contribution >= 4 is 11.9 Å². The number of aliphatic carboxylic acids is 1. The van der Waals surface area contributed by atoms with Gasteiger partial charge in [0.15, 0.2) is 0 Å². The highest BCUT2D eigenvalue weighted by Gasteiger charge is 2.25. The van der Waals surface area contributed by atoms with Crippen molar-refractivity contribution in [3.05, 3.63) is 35.9 Å². The molecule has 0 fully saturated rings. The van der Waals surface area contributed by atoms with Crippen LogP contribution in [-0.2, 0) is 25.6 Å². The number of carbonyl (C=O) groups is 2. The summed E-state index contributed by atoms with van der Waals surface area (Å²) >= 11 is 0.